The Labute approximate surface area is 120 Å². The number of nitrogens with one attached hydrogen (secondary N) is 1. The number of rotatable bonds is 3. The molecule has 102 valence electrons. The lowest BCUT2D eigenvalue weighted by Crippen LogP contribution is -1.92. The summed E-state index contributed by atoms with van der Waals surface area (Å²) in [5.41, 5.74) is 2.81. The van der Waals surface area contributed by atoms with E-state index in [1.165, 1.54) is 11.3 Å². The van der Waals surface area contributed by atoms with Crippen molar-refractivity contribution in [2.75, 3.05) is 19.5 Å². The number of para-hydroxylation sites is 1. The summed E-state index contributed by atoms with van der Waals surface area (Å²) in [6.07, 6.45) is 0. The number of aryl methyl sites for hydroxylation is 1. The number of benzene rings is 1. The molecule has 0 fully saturated rings. The van der Waals surface area contributed by atoms with Gasteiger partial charge in [0.05, 0.1) is 7.11 Å². The number of hydrogen-bond acceptors (Lipinski definition) is 6. The average molecular weight is 286 g/mol. The summed E-state index contributed by atoms with van der Waals surface area (Å²) in [5.74, 6) is 0.769. The Balaban J connectivity index is 2.29. The summed E-state index contributed by atoms with van der Waals surface area (Å²) in [5, 5.41) is 14.0. The Morgan fingerprint density at radius 1 is 1.25 bits per heavy atom. The zero-order valence-electron chi connectivity index (χ0n) is 11.5. The minimum Gasteiger partial charge on any atom is -0.494 e. The summed E-state index contributed by atoms with van der Waals surface area (Å²) in [7, 11) is 3.49. The second-order valence-corrected chi connectivity index (χ2v) is 5.31. The molecule has 20 heavy (non-hydrogen) atoms. The maximum absolute atomic E-state index is 5.39. The van der Waals surface area contributed by atoms with E-state index in [0.717, 1.165) is 38.0 Å². The van der Waals surface area contributed by atoms with Crippen molar-refractivity contribution in [2.24, 2.45) is 0 Å². The van der Waals surface area contributed by atoms with Gasteiger partial charge in [0.25, 0.3) is 0 Å². The topological polar surface area (TPSA) is 59.9 Å². The molecule has 0 aliphatic rings. The first-order chi connectivity index (χ1) is 9.72. The van der Waals surface area contributed by atoms with Crippen LogP contribution in [0, 0.1) is 6.92 Å². The molecule has 0 aliphatic heterocycles. The van der Waals surface area contributed by atoms with Crippen molar-refractivity contribution in [1.82, 2.24) is 15.2 Å². The molecule has 2 heterocycles. The molecule has 0 radical (unpaired) electrons. The second-order valence-electron chi connectivity index (χ2n) is 4.33. The molecular weight excluding hydrogens is 272 g/mol. The molecule has 0 saturated carbocycles. The first-order valence-electron chi connectivity index (χ1n) is 6.19. The molecule has 0 atom stereocenters. The van der Waals surface area contributed by atoms with E-state index in [-0.39, 0.29) is 0 Å². The molecule has 0 saturated heterocycles. The van der Waals surface area contributed by atoms with E-state index in [2.05, 4.69) is 20.5 Å². The number of methoxy groups -OCH3 is 1. The van der Waals surface area contributed by atoms with Crippen molar-refractivity contribution in [3.05, 3.63) is 30.0 Å². The SMILES string of the molecule is CNc1nnc(-c2cc(C)nc3c(OC)cccc23)s1. The van der Waals surface area contributed by atoms with Crippen LogP contribution in [0.25, 0.3) is 21.5 Å². The first-order valence-corrected chi connectivity index (χ1v) is 7.00. The predicted octanol–water partition coefficient (Wildman–Crippen LogP) is 3.11. The van der Waals surface area contributed by atoms with Gasteiger partial charge in [-0.1, -0.05) is 23.5 Å². The minimum absolute atomic E-state index is 0.769. The molecule has 0 spiro atoms. The summed E-state index contributed by atoms with van der Waals surface area (Å²) in [6.45, 7) is 1.97. The normalized spacial score (nSPS) is 10.8. The van der Waals surface area contributed by atoms with Gasteiger partial charge in [0.2, 0.25) is 5.13 Å². The van der Waals surface area contributed by atoms with Crippen LogP contribution in [0.15, 0.2) is 24.3 Å². The van der Waals surface area contributed by atoms with E-state index in [1.807, 2.05) is 38.2 Å². The van der Waals surface area contributed by atoms with Gasteiger partial charge in [-0.05, 0) is 19.1 Å². The molecule has 5 nitrogen and oxygen atoms in total. The number of aromatic nitrogens is 3. The number of nitrogens with zero attached hydrogens (tertiary/aromatic N) is 3. The number of hydrogen-bond donors (Lipinski definition) is 1. The van der Waals surface area contributed by atoms with Crippen LogP contribution in [0.3, 0.4) is 0 Å². The highest BCUT2D eigenvalue weighted by atomic mass is 32.1. The van der Waals surface area contributed by atoms with Crippen LogP contribution in [0.5, 0.6) is 5.75 Å². The third-order valence-electron chi connectivity index (χ3n) is 3.02. The monoisotopic (exact) mass is 286 g/mol. The van der Waals surface area contributed by atoms with Crippen molar-refractivity contribution in [3.63, 3.8) is 0 Å². The van der Waals surface area contributed by atoms with Gasteiger partial charge in [-0.25, -0.2) is 4.98 Å². The zero-order valence-corrected chi connectivity index (χ0v) is 12.3. The summed E-state index contributed by atoms with van der Waals surface area (Å²) in [6, 6.07) is 7.93. The van der Waals surface area contributed by atoms with E-state index in [4.69, 9.17) is 4.74 Å². The molecular formula is C14H14N4OS. The van der Waals surface area contributed by atoms with Gasteiger partial charge < -0.3 is 10.1 Å². The van der Waals surface area contributed by atoms with Gasteiger partial charge in [0, 0.05) is 23.7 Å². The molecule has 1 aromatic carbocycles. The number of ether oxygens (including phenoxy) is 1. The van der Waals surface area contributed by atoms with Crippen LogP contribution in [0.2, 0.25) is 0 Å². The highest BCUT2D eigenvalue weighted by molar-refractivity contribution is 7.18. The van der Waals surface area contributed by atoms with E-state index in [9.17, 15) is 0 Å². The van der Waals surface area contributed by atoms with E-state index < -0.39 is 0 Å². The second kappa shape index (κ2) is 5.05. The molecule has 2 aromatic heterocycles. The highest BCUT2D eigenvalue weighted by Crippen LogP contribution is 2.35. The third-order valence-corrected chi connectivity index (χ3v) is 3.99. The zero-order chi connectivity index (χ0) is 14.1. The standard InChI is InChI=1S/C14H14N4OS/c1-8-7-10(13-17-18-14(15-2)20-13)9-5-4-6-11(19-3)12(9)16-8/h4-7H,1-3H3,(H,15,18). The van der Waals surface area contributed by atoms with Gasteiger partial charge in [0.1, 0.15) is 16.3 Å². The average Bonchev–Trinajstić information content (AvgIpc) is 2.94. The molecule has 3 rings (SSSR count). The van der Waals surface area contributed by atoms with Crippen molar-refractivity contribution >= 4 is 27.4 Å². The van der Waals surface area contributed by atoms with Crippen molar-refractivity contribution in [2.45, 2.75) is 6.92 Å². The van der Waals surface area contributed by atoms with E-state index in [1.54, 1.807) is 7.11 Å². The summed E-state index contributed by atoms with van der Waals surface area (Å²) in [4.78, 5) is 4.58. The number of anilines is 1. The van der Waals surface area contributed by atoms with Gasteiger partial charge in [-0.2, -0.15) is 0 Å². The van der Waals surface area contributed by atoms with E-state index >= 15 is 0 Å². The lowest BCUT2D eigenvalue weighted by molar-refractivity contribution is 0.419. The lowest BCUT2D eigenvalue weighted by atomic mass is 10.1. The fourth-order valence-electron chi connectivity index (χ4n) is 2.13. The maximum atomic E-state index is 5.39. The summed E-state index contributed by atoms with van der Waals surface area (Å²) >= 11 is 1.52. The lowest BCUT2D eigenvalue weighted by Gasteiger charge is -2.08. The molecule has 3 aromatic rings. The van der Waals surface area contributed by atoms with Gasteiger partial charge in [0.15, 0.2) is 0 Å². The van der Waals surface area contributed by atoms with Gasteiger partial charge in [-0.15, -0.1) is 10.2 Å². The minimum atomic E-state index is 0.769. The Hall–Kier alpha value is -2.21. The molecule has 6 heteroatoms. The quantitative estimate of drug-likeness (QED) is 0.801. The van der Waals surface area contributed by atoms with Gasteiger partial charge in [-0.3, -0.25) is 0 Å². The van der Waals surface area contributed by atoms with Gasteiger partial charge >= 0.3 is 0 Å². The molecule has 1 N–H and O–H groups in total. The van der Waals surface area contributed by atoms with Crippen LogP contribution < -0.4 is 10.1 Å². The Bertz CT molecular complexity index is 769. The maximum Gasteiger partial charge on any atom is 0.205 e. The highest BCUT2D eigenvalue weighted by Gasteiger charge is 2.13. The van der Waals surface area contributed by atoms with Crippen LogP contribution >= 0.6 is 11.3 Å². The Kier molecular flexibility index (Phi) is 3.23. The van der Waals surface area contributed by atoms with Crippen LogP contribution in [0.4, 0.5) is 5.13 Å². The number of fused-ring (bicyclic) bond motifs is 1. The molecule has 0 amide bonds. The molecule has 0 bridgehead atoms. The van der Waals surface area contributed by atoms with Crippen molar-refractivity contribution in [1.29, 1.82) is 0 Å². The fraction of sp³-hybridized carbons (Fsp3) is 0.214. The smallest absolute Gasteiger partial charge is 0.205 e. The Morgan fingerprint density at radius 3 is 2.80 bits per heavy atom. The first kappa shape index (κ1) is 12.8. The van der Waals surface area contributed by atoms with E-state index in [0.29, 0.717) is 0 Å². The van der Waals surface area contributed by atoms with Crippen LogP contribution in [-0.2, 0) is 0 Å². The summed E-state index contributed by atoms with van der Waals surface area (Å²) < 4.78 is 5.39. The largest absolute Gasteiger partial charge is 0.494 e. The van der Waals surface area contributed by atoms with Crippen LogP contribution in [0.1, 0.15) is 5.69 Å². The number of pyridine rings is 1. The Morgan fingerprint density at radius 2 is 2.10 bits per heavy atom. The fourth-order valence-corrected chi connectivity index (χ4v) is 2.85. The molecule has 0 aliphatic carbocycles. The predicted molar refractivity (Wildman–Crippen MR) is 81.5 cm³/mol. The van der Waals surface area contributed by atoms with Crippen molar-refractivity contribution < 1.29 is 4.74 Å². The van der Waals surface area contributed by atoms with Crippen LogP contribution in [-0.4, -0.2) is 29.3 Å². The van der Waals surface area contributed by atoms with Crippen molar-refractivity contribution in [3.8, 4) is 16.3 Å². The molecule has 0 unspecified atom stereocenters. The third kappa shape index (κ3) is 2.08.